The summed E-state index contributed by atoms with van der Waals surface area (Å²) in [7, 11) is 0. The van der Waals surface area contributed by atoms with Crippen LogP contribution in [0.2, 0.25) is 0 Å². The average Bonchev–Trinajstić information content (AvgIpc) is 3.02. The Morgan fingerprint density at radius 3 is 2.81 bits per heavy atom. The van der Waals surface area contributed by atoms with E-state index in [1.165, 1.54) is 24.9 Å². The third-order valence-corrected chi connectivity index (χ3v) is 3.03. The Morgan fingerprint density at radius 2 is 2.25 bits per heavy atom. The fourth-order valence-corrected chi connectivity index (χ4v) is 1.92. The van der Waals surface area contributed by atoms with E-state index in [1.807, 2.05) is 6.07 Å². The van der Waals surface area contributed by atoms with Crippen LogP contribution in [0.5, 0.6) is 0 Å². The molecule has 0 aliphatic heterocycles. The van der Waals surface area contributed by atoms with Crippen LogP contribution >= 0.6 is 0 Å². The first-order valence-electron chi connectivity index (χ1n) is 6.15. The second-order valence-corrected chi connectivity index (χ2v) is 5.05. The molecule has 2 N–H and O–H groups in total. The average molecular weight is 219 g/mol. The van der Waals surface area contributed by atoms with Crippen molar-refractivity contribution in [3.05, 3.63) is 18.3 Å². The normalized spacial score (nSPS) is 15.4. The van der Waals surface area contributed by atoms with Gasteiger partial charge in [-0.15, -0.1) is 0 Å². The highest BCUT2D eigenvalue weighted by atomic mass is 15.2. The highest BCUT2D eigenvalue weighted by molar-refractivity contribution is 5.53. The molecule has 1 aromatic heterocycles. The molecule has 2 rings (SSSR count). The van der Waals surface area contributed by atoms with Crippen molar-refractivity contribution in [2.75, 3.05) is 17.2 Å². The molecular formula is C13H21N3. The van der Waals surface area contributed by atoms with Crippen molar-refractivity contribution in [1.29, 1.82) is 0 Å². The monoisotopic (exact) mass is 219 g/mol. The number of nitrogen functional groups attached to an aromatic ring is 1. The van der Waals surface area contributed by atoms with Crippen molar-refractivity contribution >= 4 is 11.5 Å². The van der Waals surface area contributed by atoms with Crippen molar-refractivity contribution in [1.82, 2.24) is 4.98 Å². The molecule has 1 fully saturated rings. The lowest BCUT2D eigenvalue weighted by molar-refractivity contribution is 0.571. The standard InChI is InChI=1S/C13H21N3/c1-10(2)6-8-16(11-3-4-11)12-5-7-15-13(14)9-12/h5,7,9-11H,3-4,6,8H2,1-2H3,(H2,14,15). The number of rotatable bonds is 5. The number of aromatic nitrogens is 1. The van der Waals surface area contributed by atoms with Gasteiger partial charge in [-0.3, -0.25) is 0 Å². The molecule has 1 aromatic rings. The summed E-state index contributed by atoms with van der Waals surface area (Å²) in [6.45, 7) is 5.67. The van der Waals surface area contributed by atoms with Gasteiger partial charge in [-0.1, -0.05) is 13.8 Å². The van der Waals surface area contributed by atoms with Crippen molar-refractivity contribution < 1.29 is 0 Å². The van der Waals surface area contributed by atoms with Gasteiger partial charge in [-0.05, 0) is 31.2 Å². The summed E-state index contributed by atoms with van der Waals surface area (Å²) >= 11 is 0. The first-order valence-corrected chi connectivity index (χ1v) is 6.15. The minimum atomic E-state index is 0.618. The van der Waals surface area contributed by atoms with E-state index < -0.39 is 0 Å². The van der Waals surface area contributed by atoms with Gasteiger partial charge in [0.25, 0.3) is 0 Å². The second kappa shape index (κ2) is 4.73. The van der Waals surface area contributed by atoms with Crippen molar-refractivity contribution in [2.24, 2.45) is 5.92 Å². The van der Waals surface area contributed by atoms with Crippen LogP contribution in [0.25, 0.3) is 0 Å². The topological polar surface area (TPSA) is 42.2 Å². The number of hydrogen-bond donors (Lipinski definition) is 1. The van der Waals surface area contributed by atoms with Gasteiger partial charge in [0.15, 0.2) is 0 Å². The highest BCUT2D eigenvalue weighted by Crippen LogP contribution is 2.32. The third kappa shape index (κ3) is 2.87. The predicted octanol–water partition coefficient (Wildman–Crippen LogP) is 2.68. The molecular weight excluding hydrogens is 198 g/mol. The summed E-state index contributed by atoms with van der Waals surface area (Å²) in [5.74, 6) is 1.37. The minimum absolute atomic E-state index is 0.618. The molecule has 88 valence electrons. The van der Waals surface area contributed by atoms with E-state index in [9.17, 15) is 0 Å². The second-order valence-electron chi connectivity index (χ2n) is 5.05. The molecule has 0 atom stereocenters. The van der Waals surface area contributed by atoms with Crippen LogP contribution in [-0.4, -0.2) is 17.6 Å². The van der Waals surface area contributed by atoms with E-state index in [-0.39, 0.29) is 0 Å². The smallest absolute Gasteiger partial charge is 0.125 e. The van der Waals surface area contributed by atoms with E-state index in [2.05, 4.69) is 29.8 Å². The first-order chi connectivity index (χ1) is 7.66. The molecule has 0 amide bonds. The Balaban J connectivity index is 2.06. The summed E-state index contributed by atoms with van der Waals surface area (Å²) in [6, 6.07) is 4.79. The molecule has 0 radical (unpaired) electrons. The molecule has 16 heavy (non-hydrogen) atoms. The molecule has 3 heteroatoms. The summed E-state index contributed by atoms with van der Waals surface area (Å²) in [6.07, 6.45) is 5.68. The lowest BCUT2D eigenvalue weighted by Crippen LogP contribution is -2.27. The molecule has 1 aliphatic carbocycles. The van der Waals surface area contributed by atoms with E-state index in [0.29, 0.717) is 5.82 Å². The minimum Gasteiger partial charge on any atom is -0.384 e. The molecule has 0 unspecified atom stereocenters. The fraction of sp³-hybridized carbons (Fsp3) is 0.615. The van der Waals surface area contributed by atoms with Crippen LogP contribution in [0.15, 0.2) is 18.3 Å². The lowest BCUT2D eigenvalue weighted by atomic mass is 10.1. The highest BCUT2D eigenvalue weighted by Gasteiger charge is 2.29. The Labute approximate surface area is 97.7 Å². The van der Waals surface area contributed by atoms with Crippen molar-refractivity contribution in [3.8, 4) is 0 Å². The molecule has 3 nitrogen and oxygen atoms in total. The maximum atomic E-state index is 5.74. The van der Waals surface area contributed by atoms with Gasteiger partial charge in [0, 0.05) is 30.5 Å². The lowest BCUT2D eigenvalue weighted by Gasteiger charge is -2.25. The Kier molecular flexibility index (Phi) is 3.32. The van der Waals surface area contributed by atoms with Gasteiger partial charge >= 0.3 is 0 Å². The van der Waals surface area contributed by atoms with Crippen LogP contribution in [0, 0.1) is 5.92 Å². The van der Waals surface area contributed by atoms with Crippen molar-refractivity contribution in [3.63, 3.8) is 0 Å². The number of hydrogen-bond acceptors (Lipinski definition) is 3. The number of nitrogens with two attached hydrogens (primary N) is 1. The van der Waals surface area contributed by atoms with Crippen LogP contribution in [0.4, 0.5) is 11.5 Å². The number of nitrogens with zero attached hydrogens (tertiary/aromatic N) is 2. The summed E-state index contributed by atoms with van der Waals surface area (Å²) < 4.78 is 0. The van der Waals surface area contributed by atoms with Crippen molar-refractivity contribution in [2.45, 2.75) is 39.2 Å². The summed E-state index contributed by atoms with van der Waals surface area (Å²) in [4.78, 5) is 6.53. The zero-order valence-electron chi connectivity index (χ0n) is 10.2. The van der Waals surface area contributed by atoms with Gasteiger partial charge in [0.2, 0.25) is 0 Å². The van der Waals surface area contributed by atoms with E-state index in [1.54, 1.807) is 6.20 Å². The van der Waals surface area contributed by atoms with Crippen LogP contribution in [0.3, 0.4) is 0 Å². The largest absolute Gasteiger partial charge is 0.384 e. The zero-order chi connectivity index (χ0) is 11.5. The molecule has 0 saturated heterocycles. The molecule has 0 bridgehead atoms. The predicted molar refractivity (Wildman–Crippen MR) is 68.5 cm³/mol. The SMILES string of the molecule is CC(C)CCN(c1ccnc(N)c1)C1CC1. The molecule has 1 aliphatic rings. The van der Waals surface area contributed by atoms with Gasteiger partial charge in [-0.25, -0.2) is 4.98 Å². The van der Waals surface area contributed by atoms with Gasteiger partial charge in [0.05, 0.1) is 0 Å². The Morgan fingerprint density at radius 1 is 1.50 bits per heavy atom. The summed E-state index contributed by atoms with van der Waals surface area (Å²) in [5, 5.41) is 0. The van der Waals surface area contributed by atoms with Crippen LogP contribution < -0.4 is 10.6 Å². The van der Waals surface area contributed by atoms with E-state index in [4.69, 9.17) is 5.73 Å². The number of pyridine rings is 1. The van der Waals surface area contributed by atoms with Gasteiger partial charge in [-0.2, -0.15) is 0 Å². The fourth-order valence-electron chi connectivity index (χ4n) is 1.92. The molecule has 1 heterocycles. The molecule has 0 aromatic carbocycles. The zero-order valence-corrected chi connectivity index (χ0v) is 10.2. The quantitative estimate of drug-likeness (QED) is 0.828. The Hall–Kier alpha value is -1.25. The maximum absolute atomic E-state index is 5.74. The Bertz CT molecular complexity index is 345. The summed E-state index contributed by atoms with van der Waals surface area (Å²) in [5.41, 5.74) is 6.97. The van der Waals surface area contributed by atoms with E-state index in [0.717, 1.165) is 18.5 Å². The molecule has 0 spiro atoms. The van der Waals surface area contributed by atoms with Crippen LogP contribution in [-0.2, 0) is 0 Å². The van der Waals surface area contributed by atoms with E-state index >= 15 is 0 Å². The van der Waals surface area contributed by atoms with Gasteiger partial charge in [0.1, 0.15) is 5.82 Å². The molecule has 1 saturated carbocycles. The maximum Gasteiger partial charge on any atom is 0.125 e. The third-order valence-electron chi connectivity index (χ3n) is 3.03. The first kappa shape index (κ1) is 11.2. The number of anilines is 2. The van der Waals surface area contributed by atoms with Gasteiger partial charge < -0.3 is 10.6 Å². The van der Waals surface area contributed by atoms with Crippen LogP contribution in [0.1, 0.15) is 33.1 Å².